The fourth-order valence-electron chi connectivity index (χ4n) is 2.30. The Morgan fingerprint density at radius 2 is 2.04 bits per heavy atom. The minimum absolute atomic E-state index is 0.283. The third kappa shape index (κ3) is 3.36. The molecule has 1 heterocycles. The molecule has 122 valence electrons. The van der Waals surface area contributed by atoms with Gasteiger partial charge in [-0.15, -0.1) is 5.10 Å². The summed E-state index contributed by atoms with van der Waals surface area (Å²) >= 11 is 6.10. The molecular formula is C16H14ClN5O2. The molecule has 0 radical (unpaired) electrons. The zero-order chi connectivity index (χ0) is 16.9. The fourth-order valence-corrected chi connectivity index (χ4v) is 2.56. The normalized spacial score (nSPS) is 11.8. The van der Waals surface area contributed by atoms with Gasteiger partial charge in [-0.2, -0.15) is 0 Å². The van der Waals surface area contributed by atoms with E-state index in [1.54, 1.807) is 18.2 Å². The second-order valence-corrected chi connectivity index (χ2v) is 5.35. The zero-order valence-corrected chi connectivity index (χ0v) is 13.5. The van der Waals surface area contributed by atoms with E-state index in [9.17, 15) is 4.79 Å². The molecule has 0 saturated carbocycles. The van der Waals surface area contributed by atoms with Gasteiger partial charge < -0.3 is 10.1 Å². The topological polar surface area (TPSA) is 81.9 Å². The Labute approximate surface area is 143 Å². The SMILES string of the molecule is COc1ccc(NC(=O)C(c2ccccc2)n2cnnn2)cc1Cl. The van der Waals surface area contributed by atoms with Gasteiger partial charge in [-0.1, -0.05) is 41.9 Å². The maximum Gasteiger partial charge on any atom is 0.253 e. The maximum absolute atomic E-state index is 12.8. The van der Waals surface area contributed by atoms with Gasteiger partial charge in [0.1, 0.15) is 12.1 Å². The highest BCUT2D eigenvalue weighted by Gasteiger charge is 2.24. The Kier molecular flexibility index (Phi) is 4.72. The lowest BCUT2D eigenvalue weighted by Crippen LogP contribution is -2.27. The smallest absolute Gasteiger partial charge is 0.253 e. The van der Waals surface area contributed by atoms with Crippen LogP contribution in [0.5, 0.6) is 5.75 Å². The molecule has 1 unspecified atom stereocenters. The standard InChI is InChI=1S/C16H14ClN5O2/c1-24-14-8-7-12(9-13(14)17)19-16(23)15(22-10-18-20-21-22)11-5-3-2-4-6-11/h2-10,15H,1H3,(H,19,23). The largest absolute Gasteiger partial charge is 0.495 e. The predicted molar refractivity (Wildman–Crippen MR) is 89.0 cm³/mol. The molecule has 1 atom stereocenters. The number of halogens is 1. The van der Waals surface area contributed by atoms with E-state index in [-0.39, 0.29) is 5.91 Å². The molecule has 0 bridgehead atoms. The highest BCUT2D eigenvalue weighted by Crippen LogP contribution is 2.28. The van der Waals surface area contributed by atoms with Crippen LogP contribution < -0.4 is 10.1 Å². The van der Waals surface area contributed by atoms with Gasteiger partial charge in [-0.25, -0.2) is 4.68 Å². The van der Waals surface area contributed by atoms with Gasteiger partial charge in [0.15, 0.2) is 6.04 Å². The lowest BCUT2D eigenvalue weighted by atomic mass is 10.1. The number of amides is 1. The number of nitrogens with zero attached hydrogens (tertiary/aromatic N) is 4. The van der Waals surface area contributed by atoms with Gasteiger partial charge in [-0.05, 0) is 34.2 Å². The molecule has 0 spiro atoms. The second-order valence-electron chi connectivity index (χ2n) is 4.94. The summed E-state index contributed by atoms with van der Waals surface area (Å²) in [7, 11) is 1.53. The molecule has 0 saturated heterocycles. The Bertz CT molecular complexity index is 824. The average molecular weight is 344 g/mol. The summed E-state index contributed by atoms with van der Waals surface area (Å²) in [4.78, 5) is 12.8. The van der Waals surface area contributed by atoms with Gasteiger partial charge >= 0.3 is 0 Å². The molecule has 1 N–H and O–H groups in total. The zero-order valence-electron chi connectivity index (χ0n) is 12.8. The summed E-state index contributed by atoms with van der Waals surface area (Å²) in [6.07, 6.45) is 1.40. The fraction of sp³-hybridized carbons (Fsp3) is 0.125. The Balaban J connectivity index is 1.88. The highest BCUT2D eigenvalue weighted by atomic mass is 35.5. The number of ether oxygens (including phenoxy) is 1. The molecule has 1 amide bonds. The predicted octanol–water partition coefficient (Wildman–Crippen LogP) is 2.56. The number of rotatable bonds is 5. The van der Waals surface area contributed by atoms with Crippen LogP contribution in [0.1, 0.15) is 11.6 Å². The number of hydrogen-bond donors (Lipinski definition) is 1. The molecule has 24 heavy (non-hydrogen) atoms. The highest BCUT2D eigenvalue weighted by molar-refractivity contribution is 6.32. The van der Waals surface area contributed by atoms with Crippen molar-refractivity contribution in [3.05, 3.63) is 65.4 Å². The number of methoxy groups -OCH3 is 1. The van der Waals surface area contributed by atoms with Crippen LogP contribution in [0.3, 0.4) is 0 Å². The Morgan fingerprint density at radius 3 is 2.67 bits per heavy atom. The van der Waals surface area contributed by atoms with Crippen molar-refractivity contribution in [2.75, 3.05) is 12.4 Å². The van der Waals surface area contributed by atoms with Crippen molar-refractivity contribution in [1.82, 2.24) is 20.2 Å². The molecule has 7 nitrogen and oxygen atoms in total. The van der Waals surface area contributed by atoms with Crippen LogP contribution in [0.4, 0.5) is 5.69 Å². The van der Waals surface area contributed by atoms with E-state index in [1.807, 2.05) is 30.3 Å². The second kappa shape index (κ2) is 7.10. The van der Waals surface area contributed by atoms with E-state index in [1.165, 1.54) is 18.1 Å². The third-order valence-corrected chi connectivity index (χ3v) is 3.71. The van der Waals surface area contributed by atoms with Crippen molar-refractivity contribution in [1.29, 1.82) is 0 Å². The number of benzene rings is 2. The number of carbonyl (C=O) groups excluding carboxylic acids is 1. The first-order valence-electron chi connectivity index (χ1n) is 7.11. The molecule has 1 aromatic heterocycles. The summed E-state index contributed by atoms with van der Waals surface area (Å²) < 4.78 is 6.50. The van der Waals surface area contributed by atoms with E-state index < -0.39 is 6.04 Å². The van der Waals surface area contributed by atoms with Crippen LogP contribution >= 0.6 is 11.6 Å². The van der Waals surface area contributed by atoms with Crippen LogP contribution in [0.15, 0.2) is 54.9 Å². The van der Waals surface area contributed by atoms with Gasteiger partial charge in [0, 0.05) is 5.69 Å². The van der Waals surface area contributed by atoms with E-state index in [2.05, 4.69) is 20.8 Å². The number of tetrazole rings is 1. The number of carbonyl (C=O) groups is 1. The van der Waals surface area contributed by atoms with Crippen molar-refractivity contribution < 1.29 is 9.53 Å². The number of anilines is 1. The first-order valence-corrected chi connectivity index (χ1v) is 7.48. The number of hydrogen-bond acceptors (Lipinski definition) is 5. The van der Waals surface area contributed by atoms with Crippen LogP contribution in [0, 0.1) is 0 Å². The molecule has 0 fully saturated rings. The molecule has 0 aliphatic carbocycles. The summed E-state index contributed by atoms with van der Waals surface area (Å²) in [5, 5.41) is 14.3. The molecular weight excluding hydrogens is 330 g/mol. The molecule has 3 rings (SSSR count). The lowest BCUT2D eigenvalue weighted by molar-refractivity contribution is -0.118. The lowest BCUT2D eigenvalue weighted by Gasteiger charge is -2.17. The van der Waals surface area contributed by atoms with Crippen molar-refractivity contribution in [2.24, 2.45) is 0 Å². The average Bonchev–Trinajstić information content (AvgIpc) is 3.10. The summed E-state index contributed by atoms with van der Waals surface area (Å²) in [5.41, 5.74) is 1.32. The number of nitrogens with one attached hydrogen (secondary N) is 1. The summed E-state index contributed by atoms with van der Waals surface area (Å²) in [6.45, 7) is 0. The van der Waals surface area contributed by atoms with Gasteiger partial charge in [0.2, 0.25) is 0 Å². The van der Waals surface area contributed by atoms with E-state index >= 15 is 0 Å². The number of aromatic nitrogens is 4. The quantitative estimate of drug-likeness (QED) is 0.770. The maximum atomic E-state index is 12.8. The summed E-state index contributed by atoms with van der Waals surface area (Å²) in [5.74, 6) is 0.254. The van der Waals surface area contributed by atoms with Gasteiger partial charge in [0.05, 0.1) is 12.1 Å². The van der Waals surface area contributed by atoms with E-state index in [0.29, 0.717) is 16.5 Å². The Hall–Kier alpha value is -2.93. The molecule has 0 aliphatic rings. The first kappa shape index (κ1) is 15.9. The molecule has 2 aromatic carbocycles. The molecule has 8 heteroatoms. The minimum atomic E-state index is -0.693. The minimum Gasteiger partial charge on any atom is -0.495 e. The van der Waals surface area contributed by atoms with Crippen LogP contribution in [-0.2, 0) is 4.79 Å². The first-order chi connectivity index (χ1) is 11.7. The van der Waals surface area contributed by atoms with Crippen LogP contribution in [-0.4, -0.2) is 33.2 Å². The van der Waals surface area contributed by atoms with Crippen LogP contribution in [0.25, 0.3) is 0 Å². The van der Waals surface area contributed by atoms with Crippen molar-refractivity contribution in [2.45, 2.75) is 6.04 Å². The molecule has 0 aliphatic heterocycles. The molecule has 3 aromatic rings. The van der Waals surface area contributed by atoms with Crippen molar-refractivity contribution in [3.8, 4) is 5.75 Å². The van der Waals surface area contributed by atoms with Crippen molar-refractivity contribution >= 4 is 23.2 Å². The van der Waals surface area contributed by atoms with Crippen molar-refractivity contribution in [3.63, 3.8) is 0 Å². The monoisotopic (exact) mass is 343 g/mol. The summed E-state index contributed by atoms with van der Waals surface area (Å²) in [6, 6.07) is 13.6. The van der Waals surface area contributed by atoms with Gasteiger partial charge in [-0.3, -0.25) is 4.79 Å². The van der Waals surface area contributed by atoms with Gasteiger partial charge in [0.25, 0.3) is 5.91 Å². The third-order valence-electron chi connectivity index (χ3n) is 3.41. The van der Waals surface area contributed by atoms with E-state index in [4.69, 9.17) is 16.3 Å². The van der Waals surface area contributed by atoms with E-state index in [0.717, 1.165) is 5.56 Å². The Morgan fingerprint density at radius 1 is 1.25 bits per heavy atom. The van der Waals surface area contributed by atoms with Crippen LogP contribution in [0.2, 0.25) is 5.02 Å².